The molecule has 0 aliphatic rings. The number of hydrogen-bond donors (Lipinski definition) is 0. The summed E-state index contributed by atoms with van der Waals surface area (Å²) in [6.45, 7) is 0. The second-order valence-electron chi connectivity index (χ2n) is 0. The maximum absolute atomic E-state index is 0. The van der Waals surface area contributed by atoms with Gasteiger partial charge in [0.05, 0.1) is 0 Å². The Morgan fingerprint density at radius 3 is 1.20 bits per heavy atom. The first-order valence-electron chi connectivity index (χ1n) is 0. The first-order chi connectivity index (χ1) is 0. The molecule has 0 aromatic heterocycles. The van der Waals surface area contributed by atoms with E-state index >= 15 is 0 Å². The Morgan fingerprint density at radius 2 is 1.20 bits per heavy atom. The van der Waals surface area contributed by atoms with E-state index in [1.165, 1.54) is 0 Å². The van der Waals surface area contributed by atoms with Crippen molar-refractivity contribution in [2.45, 2.75) is 0 Å². The van der Waals surface area contributed by atoms with Crippen LogP contribution in [0.1, 0.15) is 4.28 Å². The van der Waals surface area contributed by atoms with E-state index in [9.17, 15) is 0 Å². The van der Waals surface area contributed by atoms with E-state index in [2.05, 4.69) is 0 Å². The molecule has 5 heteroatoms. The maximum atomic E-state index is 0. The van der Waals surface area contributed by atoms with Crippen molar-refractivity contribution in [3.63, 3.8) is 0 Å². The van der Waals surface area contributed by atoms with Crippen molar-refractivity contribution in [3.8, 4) is 0 Å². The van der Waals surface area contributed by atoms with Crippen LogP contribution in [-0.2, 0) is 17.4 Å². The third-order valence-electron chi connectivity index (χ3n) is 0. The van der Waals surface area contributed by atoms with Crippen LogP contribution in [0, 0.1) is 0 Å². The normalized spacial score (nSPS) is 0. The predicted octanol–water partition coefficient (Wildman–Crippen LogP) is -4.07. The minimum absolute atomic E-state index is 0. The maximum Gasteiger partial charge on any atom is 2.00 e. The Hall–Kier alpha value is 3.07. The molecule has 0 saturated carbocycles. The molecule has 0 N–H and O–H groups in total. The third-order valence-corrected chi connectivity index (χ3v) is 0. The minimum Gasteiger partial charge on any atom is -1.00 e. The molecule has 0 aromatic carbocycles. The molecule has 0 atom stereocenters. The molecule has 0 radical (unpaired) electrons. The molecular formula is H7AlCrFLiSr. The topological polar surface area (TPSA) is 0 Å². The van der Waals surface area contributed by atoms with Gasteiger partial charge in [-0.25, -0.2) is 0 Å². The Balaban J connectivity index is 0. The van der Waals surface area contributed by atoms with Gasteiger partial charge in [0.15, 0.2) is 17.4 Å². The van der Waals surface area contributed by atoms with Crippen LogP contribution in [0.25, 0.3) is 0 Å². The van der Waals surface area contributed by atoms with E-state index < -0.39 is 0 Å². The van der Waals surface area contributed by atoms with Crippen molar-refractivity contribution in [2.75, 3.05) is 0 Å². The van der Waals surface area contributed by atoms with Gasteiger partial charge in [-0.3, -0.25) is 4.70 Å². The quantitative estimate of drug-likeness (QED) is 0.348. The molecule has 0 fully saturated rings. The second-order valence-corrected chi connectivity index (χ2v) is 0. The molecule has 0 heterocycles. The number of rotatable bonds is 0. The molecule has 0 amide bonds. The average Bonchev–Trinajstić information content (AvgIpc) is 0. The van der Waals surface area contributed by atoms with Crippen molar-refractivity contribution in [3.05, 3.63) is 0 Å². The summed E-state index contributed by atoms with van der Waals surface area (Å²) in [5.74, 6) is 0. The van der Waals surface area contributed by atoms with Crippen LogP contribution >= 0.6 is 0 Å². The van der Waals surface area contributed by atoms with E-state index in [0.717, 1.165) is 0 Å². The summed E-state index contributed by atoms with van der Waals surface area (Å²) < 4.78 is 0. The molecule has 0 saturated heterocycles. The largest absolute Gasteiger partial charge is 2.00 e. The Morgan fingerprint density at radius 1 is 1.20 bits per heavy atom. The van der Waals surface area contributed by atoms with Crippen LogP contribution in [0.4, 0.5) is 4.70 Å². The molecule has 0 rings (SSSR count). The van der Waals surface area contributed by atoms with Crippen LogP contribution < -0.4 is 18.9 Å². The molecule has 5 heavy (non-hydrogen) atoms. The zero-order valence-corrected chi connectivity index (χ0v) is 7.27. The van der Waals surface area contributed by atoms with Gasteiger partial charge in [0, 0.05) is 17.4 Å². The fraction of sp³-hybridized carbons (Fsp3) is 0. The summed E-state index contributed by atoms with van der Waals surface area (Å²) in [4.78, 5) is 0. The van der Waals surface area contributed by atoms with Gasteiger partial charge in [-0.15, -0.1) is 0 Å². The van der Waals surface area contributed by atoms with Crippen LogP contribution in [0.2, 0.25) is 0 Å². The van der Waals surface area contributed by atoms with Gasteiger partial charge >= 0.3 is 64.3 Å². The minimum atomic E-state index is 0. The van der Waals surface area contributed by atoms with Crippen molar-refractivity contribution < 1.29 is 45.2 Å². The van der Waals surface area contributed by atoms with E-state index in [1.54, 1.807) is 0 Å². The van der Waals surface area contributed by atoms with E-state index in [4.69, 9.17) is 0 Å². The van der Waals surface area contributed by atoms with E-state index in [0.29, 0.717) is 0 Å². The zero-order chi connectivity index (χ0) is 0. The SMILES string of the molecule is F.[AlH3].[Cr].[H-].[H-].[H-].[Li+].[Sr+2]. The summed E-state index contributed by atoms with van der Waals surface area (Å²) >= 11 is 0. The Labute approximate surface area is 106 Å². The molecule has 26 valence electrons. The first kappa shape index (κ1) is 42.8. The average molecular weight is 200 g/mol. The van der Waals surface area contributed by atoms with Crippen molar-refractivity contribution in [2.24, 2.45) is 0 Å². The van der Waals surface area contributed by atoms with Crippen molar-refractivity contribution in [1.82, 2.24) is 0 Å². The van der Waals surface area contributed by atoms with Crippen LogP contribution in [0.3, 0.4) is 0 Å². The summed E-state index contributed by atoms with van der Waals surface area (Å²) in [7, 11) is 0. The van der Waals surface area contributed by atoms with Gasteiger partial charge in [-0.1, -0.05) is 0 Å². The third kappa shape index (κ3) is 19.3. The Kier molecular flexibility index (Phi) is 236. The second kappa shape index (κ2) is 27.6. The standard InChI is InChI=1S/Al.Cr.FH.Li.Sr.6H/h;;1H;;;;;;;;/q;;;+1;+2;;;;3*-1. The van der Waals surface area contributed by atoms with Crippen molar-refractivity contribution in [1.29, 1.82) is 0 Å². The van der Waals surface area contributed by atoms with E-state index in [-0.39, 0.29) is 108 Å². The molecule has 0 aliphatic carbocycles. The molecule has 0 bridgehead atoms. The smallest absolute Gasteiger partial charge is 1.00 e. The summed E-state index contributed by atoms with van der Waals surface area (Å²) in [6, 6.07) is 0. The van der Waals surface area contributed by atoms with Gasteiger partial charge in [-0.05, 0) is 0 Å². The van der Waals surface area contributed by atoms with Crippen LogP contribution in [0.15, 0.2) is 0 Å². The van der Waals surface area contributed by atoms with Gasteiger partial charge in [0.2, 0.25) is 0 Å². The zero-order valence-electron chi connectivity index (χ0n) is 5.52. The van der Waals surface area contributed by atoms with Crippen LogP contribution in [0.5, 0.6) is 0 Å². The van der Waals surface area contributed by atoms with Crippen molar-refractivity contribution >= 4 is 62.8 Å². The number of hydrogen-bond acceptors (Lipinski definition) is 0. The molecule has 0 nitrogen and oxygen atoms in total. The number of halogens is 1. The summed E-state index contributed by atoms with van der Waals surface area (Å²) in [6.07, 6.45) is 0. The molecule has 0 spiro atoms. The molecule has 0 aromatic rings. The Bertz CT molecular complexity index is 19.2. The fourth-order valence-electron chi connectivity index (χ4n) is 0. The van der Waals surface area contributed by atoms with Gasteiger partial charge in [0.1, 0.15) is 0 Å². The molecule has 0 unspecified atom stereocenters. The van der Waals surface area contributed by atoms with Gasteiger partial charge in [0.25, 0.3) is 0 Å². The monoisotopic (exact) mass is 200 g/mol. The predicted molar refractivity (Wildman–Crippen MR) is 21.5 cm³/mol. The molecule has 0 aliphatic heterocycles. The molecular weight excluding hydrogens is 193 g/mol. The van der Waals surface area contributed by atoms with E-state index in [1.807, 2.05) is 0 Å². The summed E-state index contributed by atoms with van der Waals surface area (Å²) in [5.41, 5.74) is 0. The van der Waals surface area contributed by atoms with Crippen LogP contribution in [-0.4, -0.2) is 62.8 Å². The summed E-state index contributed by atoms with van der Waals surface area (Å²) in [5, 5.41) is 0. The first-order valence-corrected chi connectivity index (χ1v) is 0. The van der Waals surface area contributed by atoms with Gasteiger partial charge in [-0.2, -0.15) is 0 Å². The van der Waals surface area contributed by atoms with Gasteiger partial charge < -0.3 is 4.28 Å². The fourth-order valence-corrected chi connectivity index (χ4v) is 0.